The highest BCUT2D eigenvalue weighted by atomic mass is 35.5. The van der Waals surface area contributed by atoms with Crippen LogP contribution in [0.3, 0.4) is 0 Å². The van der Waals surface area contributed by atoms with Crippen molar-refractivity contribution < 1.29 is 4.74 Å². The molecular weight excluding hydrogens is 282 g/mol. The molecule has 1 aromatic heterocycles. The molecule has 0 unspecified atom stereocenters. The Morgan fingerprint density at radius 1 is 1.00 bits per heavy atom. The predicted molar refractivity (Wildman–Crippen MR) is 87.4 cm³/mol. The van der Waals surface area contributed by atoms with E-state index in [0.29, 0.717) is 5.02 Å². The average molecular weight is 298 g/mol. The van der Waals surface area contributed by atoms with E-state index in [2.05, 4.69) is 18.8 Å². The lowest BCUT2D eigenvalue weighted by molar-refractivity contribution is 0.483. The van der Waals surface area contributed by atoms with Crippen LogP contribution in [0.15, 0.2) is 48.5 Å². The molecule has 0 aliphatic rings. The van der Waals surface area contributed by atoms with Gasteiger partial charge in [-0.1, -0.05) is 36.2 Å². The van der Waals surface area contributed by atoms with Gasteiger partial charge in [0.15, 0.2) is 0 Å². The van der Waals surface area contributed by atoms with E-state index in [1.807, 2.05) is 48.5 Å². The maximum Gasteiger partial charge on any atom is 0.128 e. The molecular formula is C18H16ClNO. The molecule has 0 atom stereocenters. The van der Waals surface area contributed by atoms with Crippen LogP contribution < -0.4 is 4.74 Å². The van der Waals surface area contributed by atoms with Gasteiger partial charge in [-0.05, 0) is 49.7 Å². The lowest BCUT2D eigenvalue weighted by atomic mass is 10.1. The Hall–Kier alpha value is -2.06. The minimum absolute atomic E-state index is 0.714. The van der Waals surface area contributed by atoms with Crippen LogP contribution in [0.2, 0.25) is 5.02 Å². The number of aromatic nitrogens is 1. The van der Waals surface area contributed by atoms with E-state index in [0.717, 1.165) is 34.5 Å². The number of fused-ring (bicyclic) bond motifs is 1. The second kappa shape index (κ2) is 5.74. The van der Waals surface area contributed by atoms with Gasteiger partial charge < -0.3 is 4.74 Å². The summed E-state index contributed by atoms with van der Waals surface area (Å²) in [7, 11) is 0. The van der Waals surface area contributed by atoms with Crippen molar-refractivity contribution in [3.63, 3.8) is 0 Å². The number of rotatable bonds is 3. The second-order valence-electron chi connectivity index (χ2n) is 5.04. The fraction of sp³-hybridized carbons (Fsp3) is 0.167. The van der Waals surface area contributed by atoms with Gasteiger partial charge in [0.2, 0.25) is 0 Å². The van der Waals surface area contributed by atoms with Gasteiger partial charge in [-0.15, -0.1) is 0 Å². The van der Waals surface area contributed by atoms with Crippen LogP contribution in [-0.4, -0.2) is 4.98 Å². The number of hydrogen-bond donors (Lipinski definition) is 0. The first-order valence-corrected chi connectivity index (χ1v) is 7.37. The van der Waals surface area contributed by atoms with Crippen molar-refractivity contribution in [2.45, 2.75) is 20.3 Å². The van der Waals surface area contributed by atoms with Crippen LogP contribution in [0.5, 0.6) is 11.5 Å². The zero-order chi connectivity index (χ0) is 14.8. The van der Waals surface area contributed by atoms with Gasteiger partial charge in [-0.3, -0.25) is 4.98 Å². The Morgan fingerprint density at radius 3 is 2.43 bits per heavy atom. The first kappa shape index (κ1) is 13.9. The number of aryl methyl sites for hydroxylation is 2. The minimum atomic E-state index is 0.714. The lowest BCUT2D eigenvalue weighted by Gasteiger charge is -2.08. The Bertz CT molecular complexity index is 781. The van der Waals surface area contributed by atoms with Gasteiger partial charge in [0.1, 0.15) is 11.5 Å². The summed E-state index contributed by atoms with van der Waals surface area (Å²) in [5, 5.41) is 1.63. The van der Waals surface area contributed by atoms with Crippen molar-refractivity contribution in [3.05, 3.63) is 64.8 Å². The normalized spacial score (nSPS) is 10.8. The second-order valence-corrected chi connectivity index (χ2v) is 5.45. The van der Waals surface area contributed by atoms with E-state index in [1.54, 1.807) is 0 Å². The monoisotopic (exact) mass is 297 g/mol. The van der Waals surface area contributed by atoms with Crippen LogP contribution in [0.25, 0.3) is 10.9 Å². The topological polar surface area (TPSA) is 22.1 Å². The molecule has 3 heteroatoms. The van der Waals surface area contributed by atoms with Crippen LogP contribution in [0, 0.1) is 6.92 Å². The van der Waals surface area contributed by atoms with Gasteiger partial charge >= 0.3 is 0 Å². The third-order valence-electron chi connectivity index (χ3n) is 3.40. The van der Waals surface area contributed by atoms with Crippen LogP contribution >= 0.6 is 11.6 Å². The number of ether oxygens (including phenoxy) is 1. The smallest absolute Gasteiger partial charge is 0.128 e. The van der Waals surface area contributed by atoms with Gasteiger partial charge in [0.05, 0.1) is 10.5 Å². The summed E-state index contributed by atoms with van der Waals surface area (Å²) in [5.41, 5.74) is 3.11. The Balaban J connectivity index is 1.97. The molecule has 3 rings (SSSR count). The quantitative estimate of drug-likeness (QED) is 0.632. The summed E-state index contributed by atoms with van der Waals surface area (Å²) in [4.78, 5) is 4.57. The van der Waals surface area contributed by atoms with E-state index in [-0.39, 0.29) is 0 Å². The Labute approximate surface area is 129 Å². The van der Waals surface area contributed by atoms with Crippen LogP contribution in [-0.2, 0) is 6.42 Å². The van der Waals surface area contributed by atoms with E-state index < -0.39 is 0 Å². The summed E-state index contributed by atoms with van der Waals surface area (Å²) < 4.78 is 5.87. The van der Waals surface area contributed by atoms with E-state index in [4.69, 9.17) is 16.3 Å². The Kier molecular flexibility index (Phi) is 3.80. The maximum absolute atomic E-state index is 6.34. The van der Waals surface area contributed by atoms with Gasteiger partial charge in [-0.2, -0.15) is 0 Å². The molecule has 0 amide bonds. The minimum Gasteiger partial charge on any atom is -0.457 e. The summed E-state index contributed by atoms with van der Waals surface area (Å²) in [5.74, 6) is 1.58. The third-order valence-corrected chi connectivity index (χ3v) is 3.71. The van der Waals surface area contributed by atoms with Crippen molar-refractivity contribution in [1.82, 2.24) is 4.98 Å². The highest BCUT2D eigenvalue weighted by Crippen LogP contribution is 2.29. The zero-order valence-electron chi connectivity index (χ0n) is 12.1. The number of benzene rings is 2. The molecule has 0 saturated heterocycles. The molecule has 2 aromatic carbocycles. The van der Waals surface area contributed by atoms with Gasteiger partial charge in [0, 0.05) is 11.1 Å². The molecule has 106 valence electrons. The van der Waals surface area contributed by atoms with Crippen molar-refractivity contribution in [1.29, 1.82) is 0 Å². The first-order chi connectivity index (χ1) is 10.2. The molecule has 3 aromatic rings. The summed E-state index contributed by atoms with van der Waals surface area (Å²) in [6, 6.07) is 15.7. The molecule has 0 radical (unpaired) electrons. The molecule has 0 N–H and O–H groups in total. The first-order valence-electron chi connectivity index (χ1n) is 6.99. The molecule has 0 saturated carbocycles. The molecule has 1 heterocycles. The van der Waals surface area contributed by atoms with E-state index in [1.165, 1.54) is 5.56 Å². The summed E-state index contributed by atoms with van der Waals surface area (Å²) >= 11 is 6.34. The van der Waals surface area contributed by atoms with Crippen molar-refractivity contribution in [2.24, 2.45) is 0 Å². The summed E-state index contributed by atoms with van der Waals surface area (Å²) in [6.45, 7) is 4.12. The van der Waals surface area contributed by atoms with Crippen molar-refractivity contribution in [3.8, 4) is 11.5 Å². The van der Waals surface area contributed by atoms with Crippen LogP contribution in [0.4, 0.5) is 0 Å². The van der Waals surface area contributed by atoms with E-state index >= 15 is 0 Å². The fourth-order valence-electron chi connectivity index (χ4n) is 2.20. The molecule has 21 heavy (non-hydrogen) atoms. The molecule has 2 nitrogen and oxygen atoms in total. The van der Waals surface area contributed by atoms with Gasteiger partial charge in [0.25, 0.3) is 0 Å². The SMILES string of the molecule is CCc1cc(Cl)c2cc(Oc3ccc(C)cc3)ccc2n1. The summed E-state index contributed by atoms with van der Waals surface area (Å²) in [6.07, 6.45) is 0.872. The molecule has 0 aliphatic carbocycles. The van der Waals surface area contributed by atoms with Gasteiger partial charge in [-0.25, -0.2) is 0 Å². The number of halogens is 1. The zero-order valence-corrected chi connectivity index (χ0v) is 12.8. The highest BCUT2D eigenvalue weighted by molar-refractivity contribution is 6.35. The number of nitrogens with zero attached hydrogens (tertiary/aromatic N) is 1. The third kappa shape index (κ3) is 3.01. The maximum atomic E-state index is 6.34. The molecule has 0 spiro atoms. The average Bonchev–Trinajstić information content (AvgIpc) is 2.50. The molecule has 0 bridgehead atoms. The lowest BCUT2D eigenvalue weighted by Crippen LogP contribution is -1.90. The van der Waals surface area contributed by atoms with Crippen molar-refractivity contribution >= 4 is 22.5 Å². The largest absolute Gasteiger partial charge is 0.457 e. The number of hydrogen-bond acceptors (Lipinski definition) is 2. The number of pyridine rings is 1. The Morgan fingerprint density at radius 2 is 1.71 bits per heavy atom. The van der Waals surface area contributed by atoms with Crippen molar-refractivity contribution in [2.75, 3.05) is 0 Å². The fourth-order valence-corrected chi connectivity index (χ4v) is 2.48. The van der Waals surface area contributed by atoms with E-state index in [9.17, 15) is 0 Å². The predicted octanol–water partition coefficient (Wildman–Crippen LogP) is 5.55. The highest BCUT2D eigenvalue weighted by Gasteiger charge is 2.06. The molecule has 0 fully saturated rings. The van der Waals surface area contributed by atoms with Crippen LogP contribution in [0.1, 0.15) is 18.2 Å². The standard InChI is InChI=1S/C18H16ClNO/c1-3-13-10-17(19)16-11-15(8-9-18(16)20-13)21-14-6-4-12(2)5-7-14/h4-11H,3H2,1-2H3. The molecule has 0 aliphatic heterocycles.